The van der Waals surface area contributed by atoms with Crippen LogP contribution in [0.3, 0.4) is 0 Å². The van der Waals surface area contributed by atoms with Crippen LogP contribution in [0.25, 0.3) is 11.2 Å². The van der Waals surface area contributed by atoms with Gasteiger partial charge in [0.05, 0.1) is 20.1 Å². The molecule has 2 rings (SSSR count). The van der Waals surface area contributed by atoms with Gasteiger partial charge in [-0.05, 0) is 0 Å². The van der Waals surface area contributed by atoms with Gasteiger partial charge in [-0.1, -0.05) is 6.92 Å². The Labute approximate surface area is 104 Å². The van der Waals surface area contributed by atoms with Crippen LogP contribution in [-0.4, -0.2) is 44.5 Å². The molecule has 0 aliphatic rings. The lowest BCUT2D eigenvalue weighted by molar-refractivity contribution is -0.131. The van der Waals surface area contributed by atoms with Crippen molar-refractivity contribution in [3.63, 3.8) is 0 Å². The summed E-state index contributed by atoms with van der Waals surface area (Å²) in [6.07, 6.45) is 3.52. The Kier molecular flexibility index (Phi) is 3.40. The third-order valence-corrected chi connectivity index (χ3v) is 2.65. The van der Waals surface area contributed by atoms with Crippen LogP contribution in [0.1, 0.15) is 13.3 Å². The molecule has 2 aromatic heterocycles. The second-order valence-corrected chi connectivity index (χ2v) is 3.86. The molecule has 0 unspecified atom stereocenters. The molecule has 1 amide bonds. The van der Waals surface area contributed by atoms with Gasteiger partial charge in [0, 0.05) is 13.5 Å². The van der Waals surface area contributed by atoms with E-state index in [1.807, 2.05) is 6.92 Å². The number of nitrogens with zero attached hydrogens (tertiary/aromatic N) is 5. The minimum atomic E-state index is 0.0675. The quantitative estimate of drug-likeness (QED) is 0.796. The van der Waals surface area contributed by atoms with Crippen LogP contribution in [0, 0.1) is 0 Å². The number of fused-ring (bicyclic) bond motifs is 1. The van der Waals surface area contributed by atoms with Crippen molar-refractivity contribution >= 4 is 17.1 Å². The van der Waals surface area contributed by atoms with E-state index < -0.39 is 0 Å². The SMILES string of the molecule is CCC(=O)N(C)Cn1cnc2c(OC)ncnc21. The molecule has 0 aliphatic carbocycles. The average Bonchev–Trinajstić information content (AvgIpc) is 2.81. The largest absolute Gasteiger partial charge is 0.479 e. The highest BCUT2D eigenvalue weighted by Gasteiger charge is 2.13. The van der Waals surface area contributed by atoms with Gasteiger partial charge in [0.2, 0.25) is 11.8 Å². The Morgan fingerprint density at radius 1 is 1.44 bits per heavy atom. The van der Waals surface area contributed by atoms with Crippen LogP contribution >= 0.6 is 0 Å². The van der Waals surface area contributed by atoms with Crippen molar-refractivity contribution in [2.45, 2.75) is 20.0 Å². The van der Waals surface area contributed by atoms with E-state index in [0.717, 1.165) is 0 Å². The van der Waals surface area contributed by atoms with E-state index in [-0.39, 0.29) is 5.91 Å². The van der Waals surface area contributed by atoms with Crippen LogP contribution < -0.4 is 4.74 Å². The van der Waals surface area contributed by atoms with Gasteiger partial charge < -0.3 is 9.64 Å². The molecule has 0 N–H and O–H groups in total. The highest BCUT2D eigenvalue weighted by atomic mass is 16.5. The molecule has 7 heteroatoms. The number of hydrogen-bond acceptors (Lipinski definition) is 5. The number of hydrogen-bond donors (Lipinski definition) is 0. The summed E-state index contributed by atoms with van der Waals surface area (Å²) in [7, 11) is 3.28. The van der Waals surface area contributed by atoms with Gasteiger partial charge in [-0.2, -0.15) is 4.98 Å². The predicted molar refractivity (Wildman–Crippen MR) is 64.9 cm³/mol. The van der Waals surface area contributed by atoms with E-state index in [1.165, 1.54) is 13.4 Å². The van der Waals surface area contributed by atoms with E-state index in [1.54, 1.807) is 22.8 Å². The number of carbonyl (C=O) groups is 1. The standard InChI is InChI=1S/C11H15N5O2/c1-4-8(17)15(2)7-16-6-14-9-10(16)12-5-13-11(9)18-3/h5-6H,4,7H2,1-3H3. The summed E-state index contributed by atoms with van der Waals surface area (Å²) in [5.41, 5.74) is 1.25. The lowest BCUT2D eigenvalue weighted by atomic mass is 10.4. The van der Waals surface area contributed by atoms with E-state index in [4.69, 9.17) is 4.74 Å². The molecule has 0 fully saturated rings. The molecule has 0 aromatic carbocycles. The molecule has 2 heterocycles. The lowest BCUT2D eigenvalue weighted by Crippen LogP contribution is -2.28. The number of imidazole rings is 1. The number of aromatic nitrogens is 4. The fraction of sp³-hybridized carbons (Fsp3) is 0.455. The Hall–Kier alpha value is -2.18. The first kappa shape index (κ1) is 12.3. The Bertz CT molecular complexity index is 566. The molecule has 96 valence electrons. The third-order valence-electron chi connectivity index (χ3n) is 2.65. The number of carbonyl (C=O) groups excluding carboxylic acids is 1. The van der Waals surface area contributed by atoms with Crippen molar-refractivity contribution in [2.24, 2.45) is 0 Å². The predicted octanol–water partition coefficient (Wildman–Crippen LogP) is 0.661. The molecule has 0 radical (unpaired) electrons. The Morgan fingerprint density at radius 2 is 2.22 bits per heavy atom. The molecule has 0 spiro atoms. The van der Waals surface area contributed by atoms with Gasteiger partial charge >= 0.3 is 0 Å². The van der Waals surface area contributed by atoms with E-state index >= 15 is 0 Å². The molecular weight excluding hydrogens is 234 g/mol. The van der Waals surface area contributed by atoms with Crippen LogP contribution in [0.15, 0.2) is 12.7 Å². The van der Waals surface area contributed by atoms with Gasteiger partial charge in [-0.3, -0.25) is 9.36 Å². The van der Waals surface area contributed by atoms with E-state index in [0.29, 0.717) is 30.1 Å². The first-order chi connectivity index (χ1) is 8.67. The summed E-state index contributed by atoms with van der Waals surface area (Å²) in [6.45, 7) is 2.24. The highest BCUT2D eigenvalue weighted by molar-refractivity contribution is 5.77. The fourth-order valence-corrected chi connectivity index (χ4v) is 1.69. The molecule has 0 saturated carbocycles. The smallest absolute Gasteiger partial charge is 0.245 e. The molecule has 7 nitrogen and oxygen atoms in total. The molecule has 2 aromatic rings. The van der Waals surface area contributed by atoms with Crippen molar-refractivity contribution < 1.29 is 9.53 Å². The maximum Gasteiger partial charge on any atom is 0.245 e. The van der Waals surface area contributed by atoms with Crippen LogP contribution in [0.4, 0.5) is 0 Å². The van der Waals surface area contributed by atoms with Gasteiger partial charge in [-0.25, -0.2) is 9.97 Å². The minimum absolute atomic E-state index is 0.0675. The molecule has 0 atom stereocenters. The summed E-state index contributed by atoms with van der Waals surface area (Å²) in [5.74, 6) is 0.501. The van der Waals surface area contributed by atoms with Gasteiger partial charge in [0.25, 0.3) is 0 Å². The zero-order valence-corrected chi connectivity index (χ0v) is 10.6. The first-order valence-electron chi connectivity index (χ1n) is 5.61. The third kappa shape index (κ3) is 2.11. The topological polar surface area (TPSA) is 73.1 Å². The second-order valence-electron chi connectivity index (χ2n) is 3.86. The average molecular weight is 249 g/mol. The van der Waals surface area contributed by atoms with Crippen LogP contribution in [0.5, 0.6) is 5.88 Å². The summed E-state index contributed by atoms with van der Waals surface area (Å²) < 4.78 is 6.89. The molecule has 0 aliphatic heterocycles. The fourth-order valence-electron chi connectivity index (χ4n) is 1.69. The molecule has 0 bridgehead atoms. The van der Waals surface area contributed by atoms with Crippen LogP contribution in [-0.2, 0) is 11.5 Å². The summed E-state index contributed by atoms with van der Waals surface area (Å²) in [6, 6.07) is 0. The normalized spacial score (nSPS) is 10.6. The van der Waals surface area contributed by atoms with Crippen molar-refractivity contribution in [2.75, 3.05) is 14.2 Å². The second kappa shape index (κ2) is 4.99. The molecule has 18 heavy (non-hydrogen) atoms. The Balaban J connectivity index is 2.32. The van der Waals surface area contributed by atoms with E-state index in [2.05, 4.69) is 15.0 Å². The number of ether oxygens (including phenoxy) is 1. The summed E-state index contributed by atoms with van der Waals surface area (Å²) in [4.78, 5) is 25.5. The number of amides is 1. The lowest BCUT2D eigenvalue weighted by Gasteiger charge is -2.16. The zero-order valence-electron chi connectivity index (χ0n) is 10.6. The summed E-state index contributed by atoms with van der Waals surface area (Å²) in [5, 5.41) is 0. The van der Waals surface area contributed by atoms with Crippen molar-refractivity contribution in [3.05, 3.63) is 12.7 Å². The monoisotopic (exact) mass is 249 g/mol. The zero-order chi connectivity index (χ0) is 13.1. The maximum atomic E-state index is 11.5. The molecular formula is C11H15N5O2. The van der Waals surface area contributed by atoms with Gasteiger partial charge in [0.1, 0.15) is 6.33 Å². The number of methoxy groups -OCH3 is 1. The van der Waals surface area contributed by atoms with E-state index in [9.17, 15) is 4.79 Å². The summed E-state index contributed by atoms with van der Waals surface area (Å²) >= 11 is 0. The van der Waals surface area contributed by atoms with Crippen LogP contribution in [0.2, 0.25) is 0 Å². The van der Waals surface area contributed by atoms with Gasteiger partial charge in [-0.15, -0.1) is 0 Å². The maximum absolute atomic E-state index is 11.5. The molecule has 0 saturated heterocycles. The highest BCUT2D eigenvalue weighted by Crippen LogP contribution is 2.18. The van der Waals surface area contributed by atoms with Crippen molar-refractivity contribution in [1.82, 2.24) is 24.4 Å². The number of rotatable bonds is 4. The van der Waals surface area contributed by atoms with Gasteiger partial charge in [0.15, 0.2) is 11.2 Å². The minimum Gasteiger partial charge on any atom is -0.479 e. The van der Waals surface area contributed by atoms with Crippen molar-refractivity contribution in [1.29, 1.82) is 0 Å². The first-order valence-corrected chi connectivity index (χ1v) is 5.61. The Morgan fingerprint density at radius 3 is 2.89 bits per heavy atom. The van der Waals surface area contributed by atoms with Crippen molar-refractivity contribution in [3.8, 4) is 5.88 Å².